The van der Waals surface area contributed by atoms with Gasteiger partial charge in [0.1, 0.15) is 5.56 Å². The Kier molecular flexibility index (Phi) is 4.92. The average molecular weight is 290 g/mol. The topological polar surface area (TPSA) is 88.3 Å². The van der Waals surface area contributed by atoms with E-state index in [0.717, 1.165) is 36.9 Å². The summed E-state index contributed by atoms with van der Waals surface area (Å²) < 4.78 is 4.43. The number of methoxy groups -OCH3 is 1. The summed E-state index contributed by atoms with van der Waals surface area (Å²) in [6.45, 7) is 0.157. The first kappa shape index (κ1) is 15.0. The number of carbonyl (C=O) groups is 2. The number of ether oxygens (including phenoxy) is 1. The summed E-state index contributed by atoms with van der Waals surface area (Å²) in [5, 5.41) is 2.57. The van der Waals surface area contributed by atoms with Crippen LogP contribution in [0.15, 0.2) is 23.0 Å². The number of aryl methyl sites for hydroxylation is 2. The van der Waals surface area contributed by atoms with Crippen LogP contribution in [0.25, 0.3) is 0 Å². The number of aromatic nitrogens is 1. The normalized spacial score (nSPS) is 13.8. The highest BCUT2D eigenvalue weighted by Gasteiger charge is 2.16. The van der Waals surface area contributed by atoms with Crippen LogP contribution in [-0.4, -0.2) is 30.5 Å². The van der Waals surface area contributed by atoms with Gasteiger partial charge in [0.15, 0.2) is 0 Å². The predicted molar refractivity (Wildman–Crippen MR) is 77.2 cm³/mol. The van der Waals surface area contributed by atoms with Gasteiger partial charge in [-0.1, -0.05) is 6.08 Å². The predicted octanol–water partition coefficient (Wildman–Crippen LogP) is 0.713. The molecular weight excluding hydrogens is 272 g/mol. The molecular formula is C15H18N2O4. The second kappa shape index (κ2) is 6.88. The van der Waals surface area contributed by atoms with Crippen LogP contribution in [0.2, 0.25) is 0 Å². The fourth-order valence-electron chi connectivity index (χ4n) is 2.31. The molecule has 6 heteroatoms. The maximum Gasteiger partial charge on any atom is 0.330 e. The molecule has 1 heterocycles. The van der Waals surface area contributed by atoms with Crippen LogP contribution in [0, 0.1) is 0 Å². The highest BCUT2D eigenvalue weighted by atomic mass is 16.5. The number of hydrogen-bond acceptors (Lipinski definition) is 4. The number of fused-ring (bicyclic) bond motifs is 1. The Morgan fingerprint density at radius 1 is 1.38 bits per heavy atom. The van der Waals surface area contributed by atoms with Gasteiger partial charge in [-0.2, -0.15) is 0 Å². The number of amides is 1. The van der Waals surface area contributed by atoms with Crippen molar-refractivity contribution in [3.8, 4) is 0 Å². The summed E-state index contributed by atoms with van der Waals surface area (Å²) in [5.41, 5.74) is 1.72. The molecule has 0 fully saturated rings. The molecule has 0 spiro atoms. The summed E-state index contributed by atoms with van der Waals surface area (Å²) in [7, 11) is 1.28. The molecule has 0 unspecified atom stereocenters. The number of esters is 1. The Morgan fingerprint density at radius 2 is 2.14 bits per heavy atom. The van der Waals surface area contributed by atoms with Gasteiger partial charge in [-0.25, -0.2) is 4.79 Å². The first-order valence-corrected chi connectivity index (χ1v) is 6.89. The number of aromatic amines is 1. The quantitative estimate of drug-likeness (QED) is 0.631. The Balaban J connectivity index is 2.04. The van der Waals surface area contributed by atoms with E-state index < -0.39 is 11.9 Å². The molecule has 1 aliphatic carbocycles. The second-order valence-corrected chi connectivity index (χ2v) is 4.86. The maximum atomic E-state index is 12.0. The van der Waals surface area contributed by atoms with Crippen LogP contribution < -0.4 is 10.9 Å². The fraction of sp³-hybridized carbons (Fsp3) is 0.400. The number of nitrogens with one attached hydrogen (secondary N) is 2. The molecule has 1 aliphatic rings. The second-order valence-electron chi connectivity index (χ2n) is 4.86. The van der Waals surface area contributed by atoms with Crippen LogP contribution in [0.3, 0.4) is 0 Å². The zero-order valence-electron chi connectivity index (χ0n) is 11.9. The monoisotopic (exact) mass is 290 g/mol. The van der Waals surface area contributed by atoms with Crippen LogP contribution in [0.4, 0.5) is 0 Å². The molecule has 1 aromatic heterocycles. The van der Waals surface area contributed by atoms with Gasteiger partial charge >= 0.3 is 5.97 Å². The van der Waals surface area contributed by atoms with Crippen LogP contribution in [0.5, 0.6) is 0 Å². The summed E-state index contributed by atoms with van der Waals surface area (Å²) in [6, 6.07) is 1.67. The molecule has 112 valence electrons. The highest BCUT2D eigenvalue weighted by molar-refractivity contribution is 5.94. The van der Waals surface area contributed by atoms with Crippen molar-refractivity contribution in [1.29, 1.82) is 0 Å². The molecule has 0 radical (unpaired) electrons. The summed E-state index contributed by atoms with van der Waals surface area (Å²) in [5.74, 6) is -0.935. The summed E-state index contributed by atoms with van der Waals surface area (Å²) in [6.07, 6.45) is 6.56. The van der Waals surface area contributed by atoms with Gasteiger partial charge in [0.2, 0.25) is 0 Å². The summed E-state index contributed by atoms with van der Waals surface area (Å²) >= 11 is 0. The van der Waals surface area contributed by atoms with Crippen LogP contribution in [0.1, 0.15) is 34.5 Å². The van der Waals surface area contributed by atoms with E-state index in [4.69, 9.17) is 0 Å². The van der Waals surface area contributed by atoms with E-state index in [9.17, 15) is 14.4 Å². The zero-order chi connectivity index (χ0) is 15.2. The lowest BCUT2D eigenvalue weighted by atomic mass is 9.95. The molecule has 0 saturated carbocycles. The Morgan fingerprint density at radius 3 is 2.90 bits per heavy atom. The van der Waals surface area contributed by atoms with E-state index in [1.54, 1.807) is 6.07 Å². The standard InChI is InChI=1S/C15H18N2O4/c1-21-13(18)7-4-8-16-14(19)11-9-10-5-2-3-6-12(10)17-15(11)20/h4,7,9H,2-3,5-6,8H2,1H3,(H,16,19)(H,17,20). The van der Waals surface area contributed by atoms with E-state index >= 15 is 0 Å². The van der Waals surface area contributed by atoms with Crippen molar-refractivity contribution < 1.29 is 14.3 Å². The third-order valence-electron chi connectivity index (χ3n) is 3.42. The number of H-pyrrole nitrogens is 1. The number of hydrogen-bond donors (Lipinski definition) is 2. The van der Waals surface area contributed by atoms with E-state index in [1.165, 1.54) is 19.3 Å². The van der Waals surface area contributed by atoms with Crippen LogP contribution >= 0.6 is 0 Å². The van der Waals surface area contributed by atoms with Crippen molar-refractivity contribution in [1.82, 2.24) is 10.3 Å². The van der Waals surface area contributed by atoms with Gasteiger partial charge in [-0.3, -0.25) is 9.59 Å². The highest BCUT2D eigenvalue weighted by Crippen LogP contribution is 2.18. The molecule has 0 atom stereocenters. The zero-order valence-corrected chi connectivity index (χ0v) is 11.9. The molecule has 0 saturated heterocycles. The molecule has 1 amide bonds. The van der Waals surface area contributed by atoms with Crippen molar-refractivity contribution >= 4 is 11.9 Å². The van der Waals surface area contributed by atoms with Crippen molar-refractivity contribution in [3.63, 3.8) is 0 Å². The Bertz CT molecular complexity index is 631. The largest absolute Gasteiger partial charge is 0.466 e. The molecule has 0 bridgehead atoms. The van der Waals surface area contributed by atoms with Gasteiger partial charge in [0.05, 0.1) is 7.11 Å². The molecule has 0 aromatic carbocycles. The third kappa shape index (κ3) is 3.81. The molecule has 6 nitrogen and oxygen atoms in total. The van der Waals surface area contributed by atoms with E-state index in [0.29, 0.717) is 0 Å². The maximum absolute atomic E-state index is 12.0. The van der Waals surface area contributed by atoms with Gasteiger partial charge in [0.25, 0.3) is 11.5 Å². The minimum Gasteiger partial charge on any atom is -0.466 e. The molecule has 1 aromatic rings. The average Bonchev–Trinajstić information content (AvgIpc) is 2.50. The van der Waals surface area contributed by atoms with Gasteiger partial charge in [-0.15, -0.1) is 0 Å². The van der Waals surface area contributed by atoms with Crippen molar-refractivity contribution in [2.24, 2.45) is 0 Å². The van der Waals surface area contributed by atoms with Crippen molar-refractivity contribution in [2.45, 2.75) is 25.7 Å². The van der Waals surface area contributed by atoms with Crippen molar-refractivity contribution in [3.05, 3.63) is 45.4 Å². The Hall–Kier alpha value is -2.37. The first-order valence-electron chi connectivity index (χ1n) is 6.89. The van der Waals surface area contributed by atoms with E-state index in [2.05, 4.69) is 15.0 Å². The number of rotatable bonds is 4. The Labute approximate surface area is 122 Å². The fourth-order valence-corrected chi connectivity index (χ4v) is 2.31. The lowest BCUT2D eigenvalue weighted by molar-refractivity contribution is -0.134. The smallest absolute Gasteiger partial charge is 0.330 e. The minimum absolute atomic E-state index is 0.113. The lowest BCUT2D eigenvalue weighted by Crippen LogP contribution is -2.31. The van der Waals surface area contributed by atoms with Gasteiger partial charge in [0, 0.05) is 18.3 Å². The lowest BCUT2D eigenvalue weighted by Gasteiger charge is -2.15. The molecule has 0 aliphatic heterocycles. The minimum atomic E-state index is -0.490. The van der Waals surface area contributed by atoms with Gasteiger partial charge < -0.3 is 15.0 Å². The third-order valence-corrected chi connectivity index (χ3v) is 3.42. The van der Waals surface area contributed by atoms with E-state index in [1.807, 2.05) is 0 Å². The van der Waals surface area contributed by atoms with Gasteiger partial charge in [-0.05, 0) is 37.3 Å². The molecule has 2 rings (SSSR count). The number of carbonyl (C=O) groups excluding carboxylic acids is 2. The number of pyridine rings is 1. The SMILES string of the molecule is COC(=O)C=CCNC(=O)c1cc2c([nH]c1=O)CCCC2. The molecule has 2 N–H and O–H groups in total. The van der Waals surface area contributed by atoms with E-state index in [-0.39, 0.29) is 17.7 Å². The first-order chi connectivity index (χ1) is 10.1. The summed E-state index contributed by atoms with van der Waals surface area (Å²) in [4.78, 5) is 37.5. The van der Waals surface area contributed by atoms with Crippen LogP contribution in [-0.2, 0) is 22.4 Å². The van der Waals surface area contributed by atoms with Crippen molar-refractivity contribution in [2.75, 3.05) is 13.7 Å². The molecule has 21 heavy (non-hydrogen) atoms.